The quantitative estimate of drug-likeness (QED) is 0.737. The number of carbonyl (C=O) groups excluding carboxylic acids is 1. The van der Waals surface area contributed by atoms with E-state index in [9.17, 15) is 22.8 Å². The number of carbonyl (C=O) groups is 1. The van der Waals surface area contributed by atoms with Crippen LogP contribution in [0, 0.1) is 0 Å². The summed E-state index contributed by atoms with van der Waals surface area (Å²) in [5.41, 5.74) is -0.339. The molecule has 0 saturated heterocycles. The maximum Gasteiger partial charge on any atom is 0.416 e. The number of hydrogen-bond acceptors (Lipinski definition) is 3. The maximum atomic E-state index is 12.7. The van der Waals surface area contributed by atoms with Gasteiger partial charge in [0.1, 0.15) is 0 Å². The summed E-state index contributed by atoms with van der Waals surface area (Å²) < 4.78 is 39.5. The number of hydrogen-bond donors (Lipinski definition) is 1. The molecule has 3 aromatic rings. The van der Waals surface area contributed by atoms with Crippen LogP contribution in [0.15, 0.2) is 59.7 Å². The number of benzene rings is 2. The van der Waals surface area contributed by atoms with E-state index in [2.05, 4.69) is 10.3 Å². The van der Waals surface area contributed by atoms with Gasteiger partial charge in [-0.1, -0.05) is 18.2 Å². The van der Waals surface area contributed by atoms with Gasteiger partial charge in [0.2, 0.25) is 5.91 Å². The fraction of sp³-hybridized carbons (Fsp3) is 0.211. The highest BCUT2D eigenvalue weighted by Crippen LogP contribution is 2.30. The van der Waals surface area contributed by atoms with Crippen LogP contribution in [0.3, 0.4) is 0 Å². The van der Waals surface area contributed by atoms with Crippen LogP contribution in [-0.4, -0.2) is 15.5 Å². The summed E-state index contributed by atoms with van der Waals surface area (Å²) in [4.78, 5) is 28.5. The second-order valence-corrected chi connectivity index (χ2v) is 5.99. The number of aromatic nitrogens is 2. The Labute approximate surface area is 152 Å². The smallest absolute Gasteiger partial charge is 0.326 e. The summed E-state index contributed by atoms with van der Waals surface area (Å²) in [7, 11) is 0. The number of para-hydroxylation sites is 1. The van der Waals surface area contributed by atoms with Crippen LogP contribution in [0.1, 0.15) is 18.4 Å². The van der Waals surface area contributed by atoms with E-state index < -0.39 is 17.6 Å². The molecule has 5 nitrogen and oxygen atoms in total. The third-order valence-corrected chi connectivity index (χ3v) is 4.01. The fourth-order valence-corrected chi connectivity index (χ4v) is 2.67. The molecule has 0 aliphatic rings. The lowest BCUT2D eigenvalue weighted by Crippen LogP contribution is -2.21. The molecule has 1 aromatic heterocycles. The minimum atomic E-state index is -4.47. The average Bonchev–Trinajstić information content (AvgIpc) is 2.63. The SMILES string of the molecule is O=C(CCCn1cnc2ccccc2c1=O)Nc1cccc(C(F)(F)F)c1. The summed E-state index contributed by atoms with van der Waals surface area (Å²) in [5, 5.41) is 2.94. The maximum absolute atomic E-state index is 12.7. The van der Waals surface area contributed by atoms with E-state index in [1.807, 2.05) is 0 Å². The Balaban J connectivity index is 1.59. The molecule has 1 amide bonds. The van der Waals surface area contributed by atoms with Gasteiger partial charge in [0.05, 0.1) is 22.8 Å². The van der Waals surface area contributed by atoms with E-state index in [4.69, 9.17) is 0 Å². The van der Waals surface area contributed by atoms with E-state index in [1.54, 1.807) is 24.3 Å². The van der Waals surface area contributed by atoms with Crippen LogP contribution in [0.4, 0.5) is 18.9 Å². The van der Waals surface area contributed by atoms with Crippen LogP contribution in [0.2, 0.25) is 0 Å². The molecule has 27 heavy (non-hydrogen) atoms. The number of halogens is 3. The number of nitrogens with one attached hydrogen (secondary N) is 1. The molecule has 1 N–H and O–H groups in total. The molecule has 8 heteroatoms. The Bertz CT molecular complexity index is 1030. The number of fused-ring (bicyclic) bond motifs is 1. The predicted octanol–water partition coefficient (Wildman–Crippen LogP) is 3.83. The van der Waals surface area contributed by atoms with Crippen molar-refractivity contribution in [1.29, 1.82) is 0 Å². The van der Waals surface area contributed by atoms with Gasteiger partial charge >= 0.3 is 6.18 Å². The largest absolute Gasteiger partial charge is 0.416 e. The molecule has 0 aliphatic heterocycles. The molecule has 2 aromatic carbocycles. The molecule has 0 atom stereocenters. The van der Waals surface area contributed by atoms with Crippen molar-refractivity contribution in [1.82, 2.24) is 9.55 Å². The second kappa shape index (κ2) is 7.61. The van der Waals surface area contributed by atoms with Gasteiger partial charge in [-0.25, -0.2) is 4.98 Å². The zero-order valence-electron chi connectivity index (χ0n) is 14.2. The van der Waals surface area contributed by atoms with Crippen LogP contribution >= 0.6 is 0 Å². The molecule has 3 rings (SSSR count). The van der Waals surface area contributed by atoms with Gasteiger partial charge < -0.3 is 5.32 Å². The van der Waals surface area contributed by atoms with Crippen LogP contribution < -0.4 is 10.9 Å². The third kappa shape index (κ3) is 4.52. The fourth-order valence-electron chi connectivity index (χ4n) is 2.67. The van der Waals surface area contributed by atoms with E-state index in [-0.39, 0.29) is 24.2 Å². The van der Waals surface area contributed by atoms with Gasteiger partial charge in [0.15, 0.2) is 0 Å². The van der Waals surface area contributed by atoms with Gasteiger partial charge in [0.25, 0.3) is 5.56 Å². The summed E-state index contributed by atoms with van der Waals surface area (Å²) in [6, 6.07) is 11.4. The molecule has 0 fully saturated rings. The molecule has 0 radical (unpaired) electrons. The van der Waals surface area contributed by atoms with Crippen molar-refractivity contribution in [2.24, 2.45) is 0 Å². The van der Waals surface area contributed by atoms with Gasteiger partial charge in [-0.2, -0.15) is 13.2 Å². The van der Waals surface area contributed by atoms with Crippen molar-refractivity contribution >= 4 is 22.5 Å². The molecule has 0 spiro atoms. The molecule has 0 unspecified atom stereocenters. The van der Waals surface area contributed by atoms with Crippen LogP contribution in [0.5, 0.6) is 0 Å². The number of rotatable bonds is 5. The third-order valence-electron chi connectivity index (χ3n) is 4.01. The number of anilines is 1. The minimum Gasteiger partial charge on any atom is -0.326 e. The number of amides is 1. The van der Waals surface area contributed by atoms with E-state index >= 15 is 0 Å². The van der Waals surface area contributed by atoms with Gasteiger partial charge in [-0.3, -0.25) is 14.2 Å². The minimum absolute atomic E-state index is 0.0650. The van der Waals surface area contributed by atoms with Gasteiger partial charge in [-0.05, 0) is 36.8 Å². The Morgan fingerprint density at radius 2 is 1.89 bits per heavy atom. The van der Waals surface area contributed by atoms with Crippen LogP contribution in [0.25, 0.3) is 10.9 Å². The van der Waals surface area contributed by atoms with Crippen molar-refractivity contribution in [3.63, 3.8) is 0 Å². The molecular weight excluding hydrogens is 359 g/mol. The van der Waals surface area contributed by atoms with E-state index in [0.29, 0.717) is 17.3 Å². The van der Waals surface area contributed by atoms with Crippen molar-refractivity contribution in [2.45, 2.75) is 25.6 Å². The summed E-state index contributed by atoms with van der Waals surface area (Å²) in [6.45, 7) is 0.284. The monoisotopic (exact) mass is 375 g/mol. The zero-order valence-corrected chi connectivity index (χ0v) is 14.2. The number of nitrogens with zero attached hydrogens (tertiary/aromatic N) is 2. The summed E-state index contributed by atoms with van der Waals surface area (Å²) >= 11 is 0. The van der Waals surface area contributed by atoms with Crippen molar-refractivity contribution < 1.29 is 18.0 Å². The Hall–Kier alpha value is -3.16. The lowest BCUT2D eigenvalue weighted by Gasteiger charge is -2.10. The lowest BCUT2D eigenvalue weighted by molar-refractivity contribution is -0.137. The van der Waals surface area contributed by atoms with Crippen molar-refractivity contribution in [3.8, 4) is 0 Å². The highest BCUT2D eigenvalue weighted by Gasteiger charge is 2.30. The molecule has 140 valence electrons. The standard InChI is InChI=1S/C19H16F3N3O2/c20-19(21,22)13-5-3-6-14(11-13)24-17(26)9-4-10-25-12-23-16-8-2-1-7-15(16)18(25)27/h1-3,5-8,11-12H,4,9-10H2,(H,24,26). The van der Waals surface area contributed by atoms with Gasteiger partial charge in [0, 0.05) is 18.7 Å². The first-order valence-corrected chi connectivity index (χ1v) is 8.26. The number of aryl methyl sites for hydroxylation is 1. The first-order valence-electron chi connectivity index (χ1n) is 8.26. The summed E-state index contributed by atoms with van der Waals surface area (Å²) in [5.74, 6) is -0.420. The first-order chi connectivity index (χ1) is 12.8. The zero-order chi connectivity index (χ0) is 19.4. The second-order valence-electron chi connectivity index (χ2n) is 5.99. The normalized spacial score (nSPS) is 11.5. The van der Waals surface area contributed by atoms with Crippen molar-refractivity contribution in [3.05, 3.63) is 70.8 Å². The topological polar surface area (TPSA) is 64.0 Å². The molecule has 0 bridgehead atoms. The Morgan fingerprint density at radius 1 is 1.11 bits per heavy atom. The van der Waals surface area contributed by atoms with E-state index in [1.165, 1.54) is 23.0 Å². The number of alkyl halides is 3. The highest BCUT2D eigenvalue weighted by atomic mass is 19.4. The highest BCUT2D eigenvalue weighted by molar-refractivity contribution is 5.90. The predicted molar refractivity (Wildman–Crippen MR) is 95.3 cm³/mol. The van der Waals surface area contributed by atoms with E-state index in [0.717, 1.165) is 12.1 Å². The average molecular weight is 375 g/mol. The van der Waals surface area contributed by atoms with Crippen LogP contribution in [-0.2, 0) is 17.5 Å². The molecule has 1 heterocycles. The lowest BCUT2D eigenvalue weighted by atomic mass is 10.2. The Kier molecular flexibility index (Phi) is 5.25. The summed E-state index contributed by atoms with van der Waals surface area (Å²) in [6.07, 6.45) is -2.62. The Morgan fingerprint density at radius 3 is 2.67 bits per heavy atom. The van der Waals surface area contributed by atoms with Crippen molar-refractivity contribution in [2.75, 3.05) is 5.32 Å². The van der Waals surface area contributed by atoms with Gasteiger partial charge in [-0.15, -0.1) is 0 Å². The first kappa shape index (κ1) is 18.6. The molecule has 0 saturated carbocycles. The molecular formula is C19H16F3N3O2. The molecule has 0 aliphatic carbocycles.